The Bertz CT molecular complexity index is 339. The topological polar surface area (TPSA) is 36.0 Å². The van der Waals surface area contributed by atoms with E-state index in [1.165, 1.54) is 12.8 Å². The van der Waals surface area contributed by atoms with Crippen LogP contribution in [0.1, 0.15) is 12.8 Å². The van der Waals surface area contributed by atoms with Crippen LogP contribution in [-0.4, -0.2) is 90.8 Å². The van der Waals surface area contributed by atoms with Gasteiger partial charge < -0.3 is 9.64 Å². The van der Waals surface area contributed by atoms with Crippen molar-refractivity contribution in [1.82, 2.24) is 14.7 Å². The smallest absolute Gasteiger partial charge is 0.237 e. The first-order valence-electron chi connectivity index (χ1n) is 7.61. The molecule has 3 aliphatic rings. The maximum Gasteiger partial charge on any atom is 0.237 e. The number of nitrogens with zero attached hydrogens (tertiary/aromatic N) is 3. The molecule has 3 saturated heterocycles. The fourth-order valence-corrected chi connectivity index (χ4v) is 4.35. The molecule has 5 nitrogen and oxygen atoms in total. The minimum absolute atomic E-state index is 0.276. The van der Waals surface area contributed by atoms with Crippen molar-refractivity contribution in [2.75, 3.05) is 58.1 Å². The predicted molar refractivity (Wildman–Crippen MR) is 80.9 cm³/mol. The molecule has 0 radical (unpaired) electrons. The van der Waals surface area contributed by atoms with Gasteiger partial charge in [-0.2, -0.15) is 0 Å². The maximum absolute atomic E-state index is 11.9. The van der Waals surface area contributed by atoms with E-state index in [9.17, 15) is 4.79 Å². The molecule has 0 aliphatic carbocycles. The van der Waals surface area contributed by atoms with E-state index in [-0.39, 0.29) is 5.91 Å². The van der Waals surface area contributed by atoms with Crippen molar-refractivity contribution in [1.29, 1.82) is 0 Å². The first-order chi connectivity index (χ1) is 9.74. The summed E-state index contributed by atoms with van der Waals surface area (Å²) in [6, 6.07) is 1.30. The Balaban J connectivity index is 1.35. The third kappa shape index (κ3) is 3.30. The van der Waals surface area contributed by atoms with Crippen molar-refractivity contribution in [3.63, 3.8) is 0 Å². The van der Waals surface area contributed by atoms with Crippen LogP contribution in [0.3, 0.4) is 0 Å². The van der Waals surface area contributed by atoms with E-state index in [4.69, 9.17) is 4.74 Å². The van der Waals surface area contributed by atoms with Gasteiger partial charge >= 0.3 is 0 Å². The zero-order valence-corrected chi connectivity index (χ0v) is 13.1. The van der Waals surface area contributed by atoms with Gasteiger partial charge in [-0.15, -0.1) is 11.8 Å². The number of fused-ring (bicyclic) bond motifs is 2. The molecule has 20 heavy (non-hydrogen) atoms. The number of morpholine rings is 1. The van der Waals surface area contributed by atoms with Crippen LogP contribution < -0.4 is 0 Å². The number of ether oxygens (including phenoxy) is 1. The van der Waals surface area contributed by atoms with Gasteiger partial charge in [0.2, 0.25) is 5.91 Å². The Morgan fingerprint density at radius 3 is 2.70 bits per heavy atom. The van der Waals surface area contributed by atoms with Crippen molar-refractivity contribution in [3.05, 3.63) is 0 Å². The zero-order valence-electron chi connectivity index (χ0n) is 12.3. The van der Waals surface area contributed by atoms with Gasteiger partial charge in [0.05, 0.1) is 25.6 Å². The number of amides is 1. The van der Waals surface area contributed by atoms with Crippen molar-refractivity contribution in [2.24, 2.45) is 0 Å². The van der Waals surface area contributed by atoms with Crippen LogP contribution in [0.4, 0.5) is 0 Å². The fourth-order valence-electron chi connectivity index (χ4n) is 3.39. The largest absolute Gasteiger partial charge is 0.378 e. The molecule has 1 amide bonds. The summed E-state index contributed by atoms with van der Waals surface area (Å²) in [4.78, 5) is 18.6. The van der Waals surface area contributed by atoms with Crippen LogP contribution in [0.2, 0.25) is 0 Å². The lowest BCUT2D eigenvalue weighted by Crippen LogP contribution is -2.49. The summed E-state index contributed by atoms with van der Waals surface area (Å²) in [5.74, 6) is 2.25. The van der Waals surface area contributed by atoms with Crippen LogP contribution >= 0.6 is 11.8 Å². The second-order valence-electron chi connectivity index (χ2n) is 6.09. The molecule has 3 heterocycles. The summed E-state index contributed by atoms with van der Waals surface area (Å²) < 4.78 is 5.61. The monoisotopic (exact) mass is 299 g/mol. The van der Waals surface area contributed by atoms with Crippen molar-refractivity contribution >= 4 is 17.7 Å². The highest BCUT2D eigenvalue weighted by Gasteiger charge is 2.36. The minimum Gasteiger partial charge on any atom is -0.378 e. The predicted octanol–water partition coefficient (Wildman–Crippen LogP) is 0.314. The van der Waals surface area contributed by atoms with Crippen molar-refractivity contribution in [3.8, 4) is 0 Å². The highest BCUT2D eigenvalue weighted by Crippen LogP contribution is 2.28. The number of thioether (sulfide) groups is 1. The number of rotatable bonds is 5. The quantitative estimate of drug-likeness (QED) is 0.683. The number of carbonyl (C=O) groups excluding carboxylic acids is 1. The van der Waals surface area contributed by atoms with Gasteiger partial charge in [-0.25, -0.2) is 0 Å². The number of likely N-dealkylation sites (N-methyl/N-ethyl adjacent to an activating group) is 1. The molecule has 0 N–H and O–H groups in total. The average molecular weight is 299 g/mol. The van der Waals surface area contributed by atoms with Crippen molar-refractivity contribution < 1.29 is 9.53 Å². The molecule has 0 spiro atoms. The standard InChI is InChI=1S/C14H25N3O2S/c1-15-4-5-16(14(18)8-15)11-20-7-6-17-12-2-3-13(17)10-19-9-12/h12-13H,2-11H2,1H3. The van der Waals surface area contributed by atoms with E-state index < -0.39 is 0 Å². The molecule has 0 saturated carbocycles. The summed E-state index contributed by atoms with van der Waals surface area (Å²) in [6.45, 7) is 5.43. The summed E-state index contributed by atoms with van der Waals surface area (Å²) >= 11 is 1.89. The highest BCUT2D eigenvalue weighted by molar-refractivity contribution is 7.99. The van der Waals surface area contributed by atoms with E-state index in [0.717, 1.165) is 44.5 Å². The van der Waals surface area contributed by atoms with Crippen molar-refractivity contribution in [2.45, 2.75) is 24.9 Å². The molecule has 2 atom stereocenters. The lowest BCUT2D eigenvalue weighted by Gasteiger charge is -2.35. The Hall–Kier alpha value is -0.300. The molecular weight excluding hydrogens is 274 g/mol. The highest BCUT2D eigenvalue weighted by atomic mass is 32.2. The number of carbonyl (C=O) groups is 1. The second-order valence-corrected chi connectivity index (χ2v) is 7.17. The van der Waals surface area contributed by atoms with Gasteiger partial charge in [0.15, 0.2) is 0 Å². The van der Waals surface area contributed by atoms with Gasteiger partial charge in [-0.3, -0.25) is 14.6 Å². The van der Waals surface area contributed by atoms with Crippen LogP contribution in [0.25, 0.3) is 0 Å². The van der Waals surface area contributed by atoms with E-state index in [0.29, 0.717) is 18.6 Å². The second kappa shape index (κ2) is 6.64. The minimum atomic E-state index is 0.276. The lowest BCUT2D eigenvalue weighted by atomic mass is 10.2. The first-order valence-corrected chi connectivity index (χ1v) is 8.77. The van der Waals surface area contributed by atoms with Gasteiger partial charge in [0.1, 0.15) is 0 Å². The average Bonchev–Trinajstić information content (AvgIpc) is 2.66. The molecule has 3 fully saturated rings. The Kier molecular flexibility index (Phi) is 4.86. The first kappa shape index (κ1) is 14.6. The molecular formula is C14H25N3O2S. The third-order valence-electron chi connectivity index (χ3n) is 4.64. The van der Waals surface area contributed by atoms with Crippen LogP contribution in [0.15, 0.2) is 0 Å². The summed E-state index contributed by atoms with van der Waals surface area (Å²) in [7, 11) is 2.01. The molecule has 3 aliphatic heterocycles. The van der Waals surface area contributed by atoms with E-state index in [1.807, 2.05) is 23.7 Å². The molecule has 2 unspecified atom stereocenters. The fraction of sp³-hybridized carbons (Fsp3) is 0.929. The molecule has 114 valence electrons. The molecule has 3 rings (SSSR count). The van der Waals surface area contributed by atoms with Gasteiger partial charge in [0, 0.05) is 37.5 Å². The van der Waals surface area contributed by atoms with Crippen LogP contribution in [0, 0.1) is 0 Å². The molecule has 2 bridgehead atoms. The molecule has 0 aromatic heterocycles. The van der Waals surface area contributed by atoms with Crippen LogP contribution in [-0.2, 0) is 9.53 Å². The number of hydrogen-bond acceptors (Lipinski definition) is 5. The lowest BCUT2D eigenvalue weighted by molar-refractivity contribution is -0.134. The normalized spacial score (nSPS) is 32.0. The Morgan fingerprint density at radius 2 is 2.00 bits per heavy atom. The zero-order chi connectivity index (χ0) is 13.9. The van der Waals surface area contributed by atoms with E-state index in [1.54, 1.807) is 0 Å². The Morgan fingerprint density at radius 1 is 1.25 bits per heavy atom. The number of piperazine rings is 1. The summed E-state index contributed by atoms with van der Waals surface area (Å²) in [5, 5.41) is 0. The van der Waals surface area contributed by atoms with Gasteiger partial charge in [-0.1, -0.05) is 0 Å². The van der Waals surface area contributed by atoms with Gasteiger partial charge in [0.25, 0.3) is 0 Å². The number of hydrogen-bond donors (Lipinski definition) is 0. The Labute approximate surface area is 125 Å². The van der Waals surface area contributed by atoms with E-state index >= 15 is 0 Å². The molecule has 0 aromatic carbocycles. The third-order valence-corrected chi connectivity index (χ3v) is 5.61. The molecule has 0 aromatic rings. The van der Waals surface area contributed by atoms with Gasteiger partial charge in [-0.05, 0) is 19.9 Å². The summed E-state index contributed by atoms with van der Waals surface area (Å²) in [6.07, 6.45) is 2.60. The maximum atomic E-state index is 11.9. The van der Waals surface area contributed by atoms with Crippen LogP contribution in [0.5, 0.6) is 0 Å². The molecule has 6 heteroatoms. The van der Waals surface area contributed by atoms with E-state index in [2.05, 4.69) is 9.80 Å². The summed E-state index contributed by atoms with van der Waals surface area (Å²) in [5.41, 5.74) is 0. The SMILES string of the molecule is CN1CCN(CSCCN2C3CCC2COC3)C(=O)C1.